The van der Waals surface area contributed by atoms with Crippen LogP contribution in [0.25, 0.3) is 21.9 Å². The number of hydrogen-bond acceptors (Lipinski definition) is 5. The van der Waals surface area contributed by atoms with E-state index in [0.29, 0.717) is 16.8 Å². The van der Waals surface area contributed by atoms with Gasteiger partial charge in [-0.2, -0.15) is 5.26 Å². The Balaban J connectivity index is 2.17. The predicted octanol–water partition coefficient (Wildman–Crippen LogP) is 4.18. The highest BCUT2D eigenvalue weighted by Crippen LogP contribution is 2.32. The molecule has 1 heterocycles. The number of rotatable bonds is 5. The molecule has 0 saturated heterocycles. The Bertz CT molecular complexity index is 1020. The second-order valence-electron chi connectivity index (χ2n) is 5.73. The molecular formula is C21H17N3O2. The maximum Gasteiger partial charge on any atom is 0.339 e. The maximum atomic E-state index is 12.2. The number of pyridine rings is 1. The molecule has 0 radical (unpaired) electrons. The van der Waals surface area contributed by atoms with Gasteiger partial charge in [-0.15, -0.1) is 0 Å². The molecule has 0 fully saturated rings. The highest BCUT2D eigenvalue weighted by Gasteiger charge is 2.15. The number of hydrogen-bond donors (Lipinski definition) is 1. The van der Waals surface area contributed by atoms with E-state index in [1.54, 1.807) is 18.5 Å². The number of nitriles is 1. The molecule has 0 saturated carbocycles. The molecule has 0 unspecified atom stereocenters. The molecule has 0 aliphatic carbocycles. The second kappa shape index (κ2) is 7.49. The summed E-state index contributed by atoms with van der Waals surface area (Å²) < 4.78 is 4.90. The minimum Gasteiger partial charge on any atom is -0.465 e. The number of nitrogens with one attached hydrogen (secondary N) is 1. The predicted molar refractivity (Wildman–Crippen MR) is 102 cm³/mol. The van der Waals surface area contributed by atoms with E-state index >= 15 is 0 Å². The first-order valence-corrected chi connectivity index (χ1v) is 8.01. The first-order valence-electron chi connectivity index (χ1n) is 8.01. The largest absolute Gasteiger partial charge is 0.465 e. The summed E-state index contributed by atoms with van der Waals surface area (Å²) >= 11 is 0. The molecular weight excluding hydrogens is 326 g/mol. The van der Waals surface area contributed by atoms with Crippen LogP contribution in [0.15, 0.2) is 67.0 Å². The van der Waals surface area contributed by atoms with Gasteiger partial charge in [-0.1, -0.05) is 30.8 Å². The molecule has 0 bridgehead atoms. The van der Waals surface area contributed by atoms with Crippen LogP contribution in [0.3, 0.4) is 0 Å². The zero-order valence-corrected chi connectivity index (χ0v) is 14.3. The van der Waals surface area contributed by atoms with Crippen LogP contribution in [0.4, 0.5) is 5.69 Å². The van der Waals surface area contributed by atoms with Gasteiger partial charge in [-0.25, -0.2) is 4.79 Å². The van der Waals surface area contributed by atoms with E-state index in [0.717, 1.165) is 21.9 Å². The summed E-state index contributed by atoms with van der Waals surface area (Å²) in [5.74, 6) is -0.441. The first kappa shape index (κ1) is 17.2. The van der Waals surface area contributed by atoms with Gasteiger partial charge in [-0.05, 0) is 29.1 Å². The molecule has 0 aliphatic heterocycles. The Hall–Kier alpha value is -3.65. The van der Waals surface area contributed by atoms with Crippen LogP contribution >= 0.6 is 0 Å². The van der Waals surface area contributed by atoms with E-state index in [4.69, 9.17) is 10.00 Å². The van der Waals surface area contributed by atoms with Gasteiger partial charge in [0.1, 0.15) is 0 Å². The maximum absolute atomic E-state index is 12.2. The third-order valence-corrected chi connectivity index (χ3v) is 4.06. The van der Waals surface area contributed by atoms with Gasteiger partial charge >= 0.3 is 5.97 Å². The van der Waals surface area contributed by atoms with Crippen LogP contribution < -0.4 is 5.32 Å². The second-order valence-corrected chi connectivity index (χ2v) is 5.73. The summed E-state index contributed by atoms with van der Waals surface area (Å²) in [6.07, 6.45) is 3.51. The summed E-state index contributed by atoms with van der Waals surface area (Å²) in [5.41, 5.74) is 3.37. The quantitative estimate of drug-likeness (QED) is 0.555. The van der Waals surface area contributed by atoms with Crippen molar-refractivity contribution < 1.29 is 9.53 Å². The third-order valence-electron chi connectivity index (χ3n) is 4.06. The lowest BCUT2D eigenvalue weighted by atomic mass is 9.98. The van der Waals surface area contributed by atoms with Crippen molar-refractivity contribution in [1.82, 2.24) is 4.98 Å². The minimum atomic E-state index is -0.441. The van der Waals surface area contributed by atoms with E-state index in [9.17, 15) is 4.79 Å². The number of carbonyl (C=O) groups is 1. The molecule has 5 heteroatoms. The molecule has 3 rings (SSSR count). The Morgan fingerprint density at radius 3 is 2.77 bits per heavy atom. The Morgan fingerprint density at radius 1 is 1.27 bits per heavy atom. The van der Waals surface area contributed by atoms with Crippen molar-refractivity contribution in [2.24, 2.45) is 0 Å². The van der Waals surface area contributed by atoms with Gasteiger partial charge in [-0.3, -0.25) is 4.98 Å². The lowest BCUT2D eigenvalue weighted by Crippen LogP contribution is -2.10. The fourth-order valence-corrected chi connectivity index (χ4v) is 2.74. The van der Waals surface area contributed by atoms with Gasteiger partial charge < -0.3 is 10.1 Å². The Labute approximate surface area is 151 Å². The van der Waals surface area contributed by atoms with Crippen molar-refractivity contribution in [2.75, 3.05) is 19.0 Å². The smallest absolute Gasteiger partial charge is 0.339 e. The van der Waals surface area contributed by atoms with Crippen LogP contribution in [-0.4, -0.2) is 24.6 Å². The molecule has 3 aromatic rings. The third kappa shape index (κ3) is 3.40. The van der Waals surface area contributed by atoms with Crippen LogP contribution in [0.1, 0.15) is 10.4 Å². The number of nitrogens with zero attached hydrogens (tertiary/aromatic N) is 2. The standard InChI is InChI=1S/C21H17N3O2/c1-14(11-22)12-24-20-18(21(25)26-2)8-7-15-5-6-16(10-19(15)20)17-4-3-9-23-13-17/h3-10,13,24H,1,12H2,2H3. The average Bonchev–Trinajstić information content (AvgIpc) is 2.71. The topological polar surface area (TPSA) is 75.0 Å². The molecule has 128 valence electrons. The average molecular weight is 343 g/mol. The van der Waals surface area contributed by atoms with E-state index < -0.39 is 5.97 Å². The molecule has 2 aromatic carbocycles. The highest BCUT2D eigenvalue weighted by molar-refractivity contribution is 6.07. The number of anilines is 1. The van der Waals surface area contributed by atoms with Gasteiger partial charge in [0, 0.05) is 35.5 Å². The molecule has 1 N–H and O–H groups in total. The number of aromatic nitrogens is 1. The summed E-state index contributed by atoms with van der Waals surface area (Å²) in [6, 6.07) is 15.4. The van der Waals surface area contributed by atoms with Gasteiger partial charge in [0.15, 0.2) is 0 Å². The van der Waals surface area contributed by atoms with E-state index in [-0.39, 0.29) is 6.54 Å². The molecule has 0 spiro atoms. The number of fused-ring (bicyclic) bond motifs is 1. The van der Waals surface area contributed by atoms with Crippen molar-refractivity contribution in [1.29, 1.82) is 5.26 Å². The summed E-state index contributed by atoms with van der Waals surface area (Å²) in [7, 11) is 1.34. The SMILES string of the molecule is C=C(C#N)CNc1c(C(=O)OC)ccc2ccc(-c3cccnc3)cc12. The molecule has 0 aliphatic rings. The Morgan fingerprint density at radius 2 is 2.08 bits per heavy atom. The van der Waals surface area contributed by atoms with Crippen molar-refractivity contribution in [3.8, 4) is 17.2 Å². The van der Waals surface area contributed by atoms with Crippen molar-refractivity contribution in [2.45, 2.75) is 0 Å². The van der Waals surface area contributed by atoms with Crippen molar-refractivity contribution >= 4 is 22.4 Å². The summed E-state index contributed by atoms with van der Waals surface area (Å²) in [5, 5.41) is 13.9. The number of methoxy groups -OCH3 is 1. The number of esters is 1. The van der Waals surface area contributed by atoms with E-state index in [1.807, 2.05) is 42.5 Å². The lowest BCUT2D eigenvalue weighted by molar-refractivity contribution is 0.0602. The molecule has 0 atom stereocenters. The van der Waals surface area contributed by atoms with Crippen molar-refractivity contribution in [3.63, 3.8) is 0 Å². The van der Waals surface area contributed by atoms with Gasteiger partial charge in [0.05, 0.1) is 24.4 Å². The highest BCUT2D eigenvalue weighted by atomic mass is 16.5. The fourth-order valence-electron chi connectivity index (χ4n) is 2.74. The monoisotopic (exact) mass is 343 g/mol. The fraction of sp³-hybridized carbons (Fsp3) is 0.0952. The first-order chi connectivity index (χ1) is 12.6. The molecule has 26 heavy (non-hydrogen) atoms. The number of carbonyl (C=O) groups excluding carboxylic acids is 1. The van der Waals surface area contributed by atoms with Crippen molar-refractivity contribution in [3.05, 3.63) is 72.6 Å². The number of benzene rings is 2. The van der Waals surface area contributed by atoms with Crippen LogP contribution in [0.2, 0.25) is 0 Å². The van der Waals surface area contributed by atoms with Crippen LogP contribution in [0.5, 0.6) is 0 Å². The molecule has 0 amide bonds. The molecule has 5 nitrogen and oxygen atoms in total. The normalized spacial score (nSPS) is 10.2. The summed E-state index contributed by atoms with van der Waals surface area (Å²) in [6.45, 7) is 3.93. The summed E-state index contributed by atoms with van der Waals surface area (Å²) in [4.78, 5) is 16.3. The minimum absolute atomic E-state index is 0.247. The van der Waals surface area contributed by atoms with E-state index in [1.165, 1.54) is 7.11 Å². The molecule has 1 aromatic heterocycles. The van der Waals surface area contributed by atoms with Gasteiger partial charge in [0.25, 0.3) is 0 Å². The zero-order valence-electron chi connectivity index (χ0n) is 14.3. The van der Waals surface area contributed by atoms with Crippen LogP contribution in [-0.2, 0) is 4.74 Å². The number of ether oxygens (including phenoxy) is 1. The lowest BCUT2D eigenvalue weighted by Gasteiger charge is -2.15. The van der Waals surface area contributed by atoms with Crippen LogP contribution in [0, 0.1) is 11.3 Å². The van der Waals surface area contributed by atoms with E-state index in [2.05, 4.69) is 16.9 Å². The Kier molecular flexibility index (Phi) is 4.95. The van der Waals surface area contributed by atoms with Gasteiger partial charge in [0.2, 0.25) is 0 Å². The zero-order chi connectivity index (χ0) is 18.5.